The molecule has 0 N–H and O–H groups in total. The molecule has 0 radical (unpaired) electrons. The van der Waals surface area contributed by atoms with E-state index in [9.17, 15) is 4.79 Å². The van der Waals surface area contributed by atoms with Crippen LogP contribution in [0.25, 0.3) is 0 Å². The van der Waals surface area contributed by atoms with Crippen LogP contribution >= 0.6 is 11.6 Å². The number of rotatable bonds is 2. The number of nitrogens with zero attached hydrogens (tertiary/aromatic N) is 3. The maximum absolute atomic E-state index is 12.6. The Morgan fingerprint density at radius 2 is 1.95 bits per heavy atom. The second-order valence-electron chi connectivity index (χ2n) is 5.54. The van der Waals surface area contributed by atoms with Crippen LogP contribution in [0, 0.1) is 0 Å². The van der Waals surface area contributed by atoms with Gasteiger partial charge in [0.15, 0.2) is 0 Å². The predicted molar refractivity (Wildman–Crippen MR) is 90.1 cm³/mol. The summed E-state index contributed by atoms with van der Waals surface area (Å²) in [7, 11) is 2.08. The summed E-state index contributed by atoms with van der Waals surface area (Å²) in [4.78, 5) is 14.8. The number of hydrogen-bond acceptors (Lipinski definition) is 3. The van der Waals surface area contributed by atoms with E-state index in [1.807, 2.05) is 19.1 Å². The van der Waals surface area contributed by atoms with Crippen molar-refractivity contribution in [2.24, 2.45) is 5.10 Å². The van der Waals surface area contributed by atoms with Gasteiger partial charge in [0.1, 0.15) is 0 Å². The lowest BCUT2D eigenvalue weighted by Gasteiger charge is -2.12. The predicted octanol–water partition coefficient (Wildman–Crippen LogP) is 3.60. The zero-order valence-electron chi connectivity index (χ0n) is 12.7. The van der Waals surface area contributed by atoms with Crippen molar-refractivity contribution in [3.63, 3.8) is 0 Å². The highest BCUT2D eigenvalue weighted by atomic mass is 35.5. The standard InChI is InChI=1S/C17H18ClN3O/c1-12-16(10-9-14-4-3-11-20(14)2)17(22)21(19-12)15-7-5-13(18)6-8-15/h5-10H,3-4,11H2,1-2H3/b14-9-,16-10-. The first-order valence-corrected chi connectivity index (χ1v) is 7.71. The molecule has 0 saturated carbocycles. The van der Waals surface area contributed by atoms with Gasteiger partial charge in [-0.05, 0) is 56.2 Å². The molecule has 1 aromatic rings. The lowest BCUT2D eigenvalue weighted by Crippen LogP contribution is -2.21. The highest BCUT2D eigenvalue weighted by Crippen LogP contribution is 2.26. The molecule has 0 unspecified atom stereocenters. The summed E-state index contributed by atoms with van der Waals surface area (Å²) in [5, 5.41) is 6.43. The van der Waals surface area contributed by atoms with Gasteiger partial charge in [-0.3, -0.25) is 4.79 Å². The van der Waals surface area contributed by atoms with Gasteiger partial charge in [-0.2, -0.15) is 10.1 Å². The monoisotopic (exact) mass is 315 g/mol. The number of likely N-dealkylation sites (tertiary alicyclic amines) is 1. The third-order valence-corrected chi connectivity index (χ3v) is 4.24. The summed E-state index contributed by atoms with van der Waals surface area (Å²) in [5.74, 6) is -0.0997. The maximum atomic E-state index is 12.6. The van der Waals surface area contributed by atoms with Crippen molar-refractivity contribution >= 4 is 28.9 Å². The van der Waals surface area contributed by atoms with Crippen LogP contribution in [-0.2, 0) is 4.79 Å². The molecule has 1 saturated heterocycles. The Morgan fingerprint density at radius 3 is 2.59 bits per heavy atom. The first-order valence-electron chi connectivity index (χ1n) is 7.34. The Kier molecular flexibility index (Phi) is 4.03. The largest absolute Gasteiger partial charge is 0.378 e. The van der Waals surface area contributed by atoms with Crippen molar-refractivity contribution in [1.29, 1.82) is 0 Å². The minimum absolute atomic E-state index is 0.0997. The molecule has 5 heteroatoms. The highest BCUT2D eigenvalue weighted by molar-refractivity contribution is 6.31. The molecule has 0 aromatic heterocycles. The summed E-state index contributed by atoms with van der Waals surface area (Å²) >= 11 is 5.89. The van der Waals surface area contributed by atoms with Gasteiger partial charge in [-0.1, -0.05) is 11.6 Å². The topological polar surface area (TPSA) is 35.9 Å². The molecule has 4 nitrogen and oxygen atoms in total. The molecule has 114 valence electrons. The van der Waals surface area contributed by atoms with Crippen LogP contribution in [0.1, 0.15) is 19.8 Å². The van der Waals surface area contributed by atoms with Gasteiger partial charge in [-0.25, -0.2) is 0 Å². The molecule has 0 spiro atoms. The molecular weight excluding hydrogens is 298 g/mol. The molecule has 3 rings (SSSR count). The quantitative estimate of drug-likeness (QED) is 0.782. The van der Waals surface area contributed by atoms with Crippen molar-refractivity contribution in [2.75, 3.05) is 18.6 Å². The molecule has 2 aliphatic rings. The van der Waals surface area contributed by atoms with Gasteiger partial charge in [-0.15, -0.1) is 0 Å². The smallest absolute Gasteiger partial charge is 0.280 e. The van der Waals surface area contributed by atoms with Gasteiger partial charge in [0.2, 0.25) is 0 Å². The van der Waals surface area contributed by atoms with Gasteiger partial charge in [0, 0.05) is 24.3 Å². The normalized spacial score (nSPS) is 22.1. The fraction of sp³-hybridized carbons (Fsp3) is 0.294. The minimum Gasteiger partial charge on any atom is -0.378 e. The van der Waals surface area contributed by atoms with E-state index in [-0.39, 0.29) is 5.91 Å². The zero-order chi connectivity index (χ0) is 15.7. The summed E-state index contributed by atoms with van der Waals surface area (Å²) in [6, 6.07) is 7.10. The Bertz CT molecular complexity index is 688. The van der Waals surface area contributed by atoms with Crippen LogP contribution in [0.4, 0.5) is 5.69 Å². The Morgan fingerprint density at radius 1 is 1.23 bits per heavy atom. The first-order chi connectivity index (χ1) is 10.6. The third-order valence-electron chi connectivity index (χ3n) is 3.99. The summed E-state index contributed by atoms with van der Waals surface area (Å²) in [5.41, 5.74) is 3.36. The number of anilines is 1. The van der Waals surface area contributed by atoms with Crippen LogP contribution in [0.5, 0.6) is 0 Å². The van der Waals surface area contributed by atoms with E-state index in [1.165, 1.54) is 17.1 Å². The average Bonchev–Trinajstić information content (AvgIpc) is 3.02. The van der Waals surface area contributed by atoms with Gasteiger partial charge in [0.05, 0.1) is 17.0 Å². The molecule has 2 aliphatic heterocycles. The summed E-state index contributed by atoms with van der Waals surface area (Å²) < 4.78 is 0. The number of hydrazone groups is 1. The molecule has 1 aromatic carbocycles. The van der Waals surface area contributed by atoms with Crippen LogP contribution in [-0.4, -0.2) is 30.1 Å². The molecule has 1 amide bonds. The molecular formula is C17H18ClN3O. The Hall–Kier alpha value is -2.07. The minimum atomic E-state index is -0.0997. The number of amides is 1. The van der Waals surface area contributed by atoms with Gasteiger partial charge >= 0.3 is 0 Å². The SMILES string of the molecule is CC1=NN(c2ccc(Cl)cc2)C(=O)/C1=C\C=C1\CCCN1C. The number of carbonyl (C=O) groups excluding carboxylic acids is 1. The fourth-order valence-electron chi connectivity index (χ4n) is 2.69. The summed E-state index contributed by atoms with van der Waals surface area (Å²) in [6.07, 6.45) is 6.15. The lowest BCUT2D eigenvalue weighted by molar-refractivity contribution is -0.114. The highest BCUT2D eigenvalue weighted by Gasteiger charge is 2.28. The van der Waals surface area contributed by atoms with E-state index in [0.29, 0.717) is 10.6 Å². The fourth-order valence-corrected chi connectivity index (χ4v) is 2.82. The molecule has 0 atom stereocenters. The average molecular weight is 316 g/mol. The van der Waals surface area contributed by atoms with Crippen LogP contribution in [0.15, 0.2) is 52.8 Å². The van der Waals surface area contributed by atoms with Crippen molar-refractivity contribution < 1.29 is 4.79 Å². The van der Waals surface area contributed by atoms with E-state index < -0.39 is 0 Å². The lowest BCUT2D eigenvalue weighted by atomic mass is 10.1. The number of hydrogen-bond donors (Lipinski definition) is 0. The van der Waals surface area contributed by atoms with Crippen molar-refractivity contribution in [2.45, 2.75) is 19.8 Å². The molecule has 2 heterocycles. The first kappa shape index (κ1) is 14.9. The number of halogens is 1. The number of carbonyl (C=O) groups is 1. The molecule has 22 heavy (non-hydrogen) atoms. The van der Waals surface area contributed by atoms with Crippen molar-refractivity contribution in [3.05, 3.63) is 52.7 Å². The number of benzene rings is 1. The van der Waals surface area contributed by atoms with E-state index in [1.54, 1.807) is 24.3 Å². The number of allylic oxidation sites excluding steroid dienone is 3. The van der Waals surface area contributed by atoms with Crippen LogP contribution < -0.4 is 5.01 Å². The van der Waals surface area contributed by atoms with E-state index in [0.717, 1.165) is 24.4 Å². The van der Waals surface area contributed by atoms with E-state index in [4.69, 9.17) is 11.6 Å². The van der Waals surface area contributed by atoms with Crippen molar-refractivity contribution in [1.82, 2.24) is 4.90 Å². The summed E-state index contributed by atoms with van der Waals surface area (Å²) in [6.45, 7) is 2.93. The molecule has 0 aliphatic carbocycles. The maximum Gasteiger partial charge on any atom is 0.280 e. The van der Waals surface area contributed by atoms with Gasteiger partial charge < -0.3 is 4.90 Å². The Balaban J connectivity index is 1.85. The third kappa shape index (κ3) is 2.79. The van der Waals surface area contributed by atoms with Crippen LogP contribution in [0.2, 0.25) is 5.02 Å². The second kappa shape index (κ2) is 5.97. The Labute approximate surface area is 135 Å². The zero-order valence-corrected chi connectivity index (χ0v) is 13.5. The van der Waals surface area contributed by atoms with E-state index in [2.05, 4.69) is 17.0 Å². The van der Waals surface area contributed by atoms with Crippen LogP contribution in [0.3, 0.4) is 0 Å². The van der Waals surface area contributed by atoms with Crippen molar-refractivity contribution in [3.8, 4) is 0 Å². The second-order valence-corrected chi connectivity index (χ2v) is 5.98. The molecule has 0 bridgehead atoms. The van der Waals surface area contributed by atoms with Gasteiger partial charge in [0.25, 0.3) is 5.91 Å². The van der Waals surface area contributed by atoms with E-state index >= 15 is 0 Å². The molecule has 1 fully saturated rings.